The highest BCUT2D eigenvalue weighted by Gasteiger charge is 2.18. The standard InChI is InChI=1S/C13H15N5OS/c19-11(8-9-4-3-7-14-9)16-13-18-17-12(20-13)10-5-1-2-6-15-10/h1-2,5-6,9,14H,3-4,7-8H2,(H,16,18,19). The van der Waals surface area contributed by atoms with Gasteiger partial charge in [0.25, 0.3) is 0 Å². The third-order valence-electron chi connectivity index (χ3n) is 3.15. The van der Waals surface area contributed by atoms with Gasteiger partial charge in [0.1, 0.15) is 5.69 Å². The Morgan fingerprint density at radius 3 is 3.15 bits per heavy atom. The Kier molecular flexibility index (Phi) is 3.98. The van der Waals surface area contributed by atoms with Crippen molar-refractivity contribution in [2.45, 2.75) is 25.3 Å². The minimum Gasteiger partial charge on any atom is -0.313 e. The van der Waals surface area contributed by atoms with Crippen LogP contribution in [0.3, 0.4) is 0 Å². The molecular formula is C13H15N5OS. The van der Waals surface area contributed by atoms with Gasteiger partial charge in [-0.2, -0.15) is 0 Å². The van der Waals surface area contributed by atoms with Crippen LogP contribution < -0.4 is 10.6 Å². The van der Waals surface area contributed by atoms with Gasteiger partial charge in [-0.1, -0.05) is 17.4 Å². The highest BCUT2D eigenvalue weighted by Crippen LogP contribution is 2.24. The molecule has 1 aliphatic rings. The maximum absolute atomic E-state index is 11.9. The Balaban J connectivity index is 1.61. The molecule has 1 unspecified atom stereocenters. The van der Waals surface area contributed by atoms with Crippen molar-refractivity contribution >= 4 is 22.4 Å². The van der Waals surface area contributed by atoms with Gasteiger partial charge in [-0.25, -0.2) is 0 Å². The lowest BCUT2D eigenvalue weighted by Crippen LogP contribution is -2.27. The topological polar surface area (TPSA) is 79.8 Å². The fraction of sp³-hybridized carbons (Fsp3) is 0.385. The van der Waals surface area contributed by atoms with Crippen LogP contribution >= 0.6 is 11.3 Å². The molecule has 0 aliphatic carbocycles. The molecule has 1 atom stereocenters. The van der Waals surface area contributed by atoms with Gasteiger partial charge in [0, 0.05) is 18.7 Å². The van der Waals surface area contributed by atoms with E-state index >= 15 is 0 Å². The van der Waals surface area contributed by atoms with E-state index < -0.39 is 0 Å². The maximum atomic E-state index is 11.9. The Morgan fingerprint density at radius 2 is 2.40 bits per heavy atom. The molecule has 1 saturated heterocycles. The summed E-state index contributed by atoms with van der Waals surface area (Å²) in [5, 5.41) is 15.4. The van der Waals surface area contributed by atoms with E-state index in [-0.39, 0.29) is 11.9 Å². The summed E-state index contributed by atoms with van der Waals surface area (Å²) in [6.07, 6.45) is 4.39. The van der Waals surface area contributed by atoms with Gasteiger partial charge in [-0.05, 0) is 31.5 Å². The molecule has 6 nitrogen and oxygen atoms in total. The molecule has 104 valence electrons. The zero-order valence-electron chi connectivity index (χ0n) is 10.9. The van der Waals surface area contributed by atoms with Crippen LogP contribution in [0.25, 0.3) is 10.7 Å². The number of anilines is 1. The number of carbonyl (C=O) groups excluding carboxylic acids is 1. The van der Waals surface area contributed by atoms with Gasteiger partial charge < -0.3 is 10.6 Å². The average molecular weight is 289 g/mol. The van der Waals surface area contributed by atoms with Crippen LogP contribution in [-0.2, 0) is 4.79 Å². The van der Waals surface area contributed by atoms with Gasteiger partial charge in [0.2, 0.25) is 11.0 Å². The van der Waals surface area contributed by atoms with Crippen molar-refractivity contribution in [3.8, 4) is 10.7 Å². The fourth-order valence-electron chi connectivity index (χ4n) is 2.19. The summed E-state index contributed by atoms with van der Waals surface area (Å²) in [5.74, 6) is -0.0203. The van der Waals surface area contributed by atoms with Crippen molar-refractivity contribution in [1.82, 2.24) is 20.5 Å². The van der Waals surface area contributed by atoms with Crippen LogP contribution in [0.2, 0.25) is 0 Å². The first-order chi connectivity index (χ1) is 9.81. The van der Waals surface area contributed by atoms with Crippen LogP contribution in [0.4, 0.5) is 5.13 Å². The van der Waals surface area contributed by atoms with Crippen molar-refractivity contribution in [3.63, 3.8) is 0 Å². The lowest BCUT2D eigenvalue weighted by atomic mass is 10.1. The summed E-state index contributed by atoms with van der Waals surface area (Å²) in [5.41, 5.74) is 0.767. The Morgan fingerprint density at radius 1 is 1.45 bits per heavy atom. The largest absolute Gasteiger partial charge is 0.313 e. The summed E-state index contributed by atoms with van der Waals surface area (Å²) in [7, 11) is 0. The molecule has 0 bridgehead atoms. The zero-order chi connectivity index (χ0) is 13.8. The molecule has 20 heavy (non-hydrogen) atoms. The van der Waals surface area contributed by atoms with Crippen molar-refractivity contribution in [2.24, 2.45) is 0 Å². The maximum Gasteiger partial charge on any atom is 0.227 e. The van der Waals surface area contributed by atoms with Crippen LogP contribution in [0, 0.1) is 0 Å². The van der Waals surface area contributed by atoms with Crippen LogP contribution in [0.5, 0.6) is 0 Å². The first-order valence-electron chi connectivity index (χ1n) is 6.59. The van der Waals surface area contributed by atoms with E-state index in [9.17, 15) is 4.79 Å². The lowest BCUT2D eigenvalue weighted by molar-refractivity contribution is -0.116. The van der Waals surface area contributed by atoms with Gasteiger partial charge in [-0.15, -0.1) is 10.2 Å². The third-order valence-corrected chi connectivity index (χ3v) is 4.01. The van der Waals surface area contributed by atoms with Crippen molar-refractivity contribution in [3.05, 3.63) is 24.4 Å². The van der Waals surface area contributed by atoms with Gasteiger partial charge in [0.05, 0.1) is 0 Å². The van der Waals surface area contributed by atoms with E-state index in [4.69, 9.17) is 0 Å². The van der Waals surface area contributed by atoms with E-state index in [2.05, 4.69) is 25.8 Å². The molecule has 2 N–H and O–H groups in total. The lowest BCUT2D eigenvalue weighted by Gasteiger charge is -2.08. The summed E-state index contributed by atoms with van der Waals surface area (Å²) < 4.78 is 0. The number of amides is 1. The Labute approximate surface area is 120 Å². The van der Waals surface area contributed by atoms with Crippen molar-refractivity contribution in [1.29, 1.82) is 0 Å². The molecule has 2 aromatic rings. The molecule has 1 fully saturated rings. The molecule has 3 rings (SSSR count). The van der Waals surface area contributed by atoms with Crippen molar-refractivity contribution in [2.75, 3.05) is 11.9 Å². The molecule has 7 heteroatoms. The summed E-state index contributed by atoms with van der Waals surface area (Å²) >= 11 is 1.34. The normalized spacial score (nSPS) is 18.1. The molecule has 1 amide bonds. The number of nitrogens with one attached hydrogen (secondary N) is 2. The molecule has 0 spiro atoms. The molecule has 1 aliphatic heterocycles. The number of nitrogens with zero attached hydrogens (tertiary/aromatic N) is 3. The SMILES string of the molecule is O=C(CC1CCCN1)Nc1nnc(-c2ccccn2)s1. The first kappa shape index (κ1) is 13.1. The molecule has 2 aromatic heterocycles. The fourth-order valence-corrected chi connectivity index (χ4v) is 2.93. The number of pyridine rings is 1. The molecular weight excluding hydrogens is 274 g/mol. The van der Waals surface area contributed by atoms with Crippen molar-refractivity contribution < 1.29 is 4.79 Å². The Hall–Kier alpha value is -1.86. The van der Waals surface area contributed by atoms with Gasteiger partial charge in [-0.3, -0.25) is 9.78 Å². The molecule has 0 aromatic carbocycles. The number of hydrogen-bond donors (Lipinski definition) is 2. The minimum atomic E-state index is -0.0203. The summed E-state index contributed by atoms with van der Waals surface area (Å²) in [6.45, 7) is 1.00. The smallest absolute Gasteiger partial charge is 0.227 e. The predicted octanol–water partition coefficient (Wildman–Crippen LogP) is 1.68. The average Bonchev–Trinajstić information content (AvgIpc) is 3.11. The van der Waals surface area contributed by atoms with Gasteiger partial charge in [0.15, 0.2) is 5.01 Å². The third kappa shape index (κ3) is 3.17. The number of rotatable bonds is 4. The molecule has 0 saturated carbocycles. The zero-order valence-corrected chi connectivity index (χ0v) is 11.7. The number of aromatic nitrogens is 3. The second-order valence-corrected chi connectivity index (χ2v) is 5.65. The Bertz CT molecular complexity index is 579. The second-order valence-electron chi connectivity index (χ2n) is 4.67. The number of carbonyl (C=O) groups is 1. The minimum absolute atomic E-state index is 0.0203. The van der Waals surface area contributed by atoms with Crippen LogP contribution in [0.1, 0.15) is 19.3 Å². The summed E-state index contributed by atoms with van der Waals surface area (Å²) in [4.78, 5) is 16.1. The van der Waals surface area contributed by atoms with Crippen LogP contribution in [0.15, 0.2) is 24.4 Å². The molecule has 0 radical (unpaired) electrons. The van der Waals surface area contributed by atoms with E-state index in [1.165, 1.54) is 11.3 Å². The quantitative estimate of drug-likeness (QED) is 0.895. The first-order valence-corrected chi connectivity index (χ1v) is 7.41. The number of hydrogen-bond acceptors (Lipinski definition) is 6. The molecule has 3 heterocycles. The van der Waals surface area contributed by atoms with E-state index in [1.54, 1.807) is 6.20 Å². The van der Waals surface area contributed by atoms with E-state index in [1.807, 2.05) is 18.2 Å². The van der Waals surface area contributed by atoms with E-state index in [0.717, 1.165) is 25.1 Å². The highest BCUT2D eigenvalue weighted by molar-refractivity contribution is 7.18. The van der Waals surface area contributed by atoms with E-state index in [0.29, 0.717) is 16.6 Å². The highest BCUT2D eigenvalue weighted by atomic mass is 32.1. The monoisotopic (exact) mass is 289 g/mol. The predicted molar refractivity (Wildman–Crippen MR) is 77.4 cm³/mol. The second kappa shape index (κ2) is 6.06. The van der Waals surface area contributed by atoms with Crippen LogP contribution in [-0.4, -0.2) is 33.7 Å². The van der Waals surface area contributed by atoms with Gasteiger partial charge >= 0.3 is 0 Å². The summed E-state index contributed by atoms with van der Waals surface area (Å²) in [6, 6.07) is 5.91.